The predicted octanol–water partition coefficient (Wildman–Crippen LogP) is 4.70. The number of imidazole rings is 1. The molecule has 1 amide bonds. The second-order valence-corrected chi connectivity index (χ2v) is 8.44. The van der Waals surface area contributed by atoms with Crippen LogP contribution in [0.3, 0.4) is 0 Å². The Labute approximate surface area is 157 Å². The zero-order chi connectivity index (χ0) is 16.9. The Bertz CT molecular complexity index is 800. The van der Waals surface area contributed by atoms with Crippen LogP contribution in [0.2, 0.25) is 0 Å². The maximum absolute atomic E-state index is 12.2. The number of thioether (sulfide) groups is 1. The van der Waals surface area contributed by atoms with Crippen LogP contribution in [0.15, 0.2) is 57.6 Å². The molecule has 0 radical (unpaired) electrons. The Morgan fingerprint density at radius 1 is 1.38 bits per heavy atom. The van der Waals surface area contributed by atoms with E-state index >= 15 is 0 Å². The number of hydrogen-bond acceptors (Lipinski definition) is 4. The first kappa shape index (κ1) is 17.3. The molecule has 0 spiro atoms. The van der Waals surface area contributed by atoms with Crippen molar-refractivity contribution in [3.05, 3.63) is 57.3 Å². The van der Waals surface area contributed by atoms with Gasteiger partial charge in [0.2, 0.25) is 5.91 Å². The Kier molecular flexibility index (Phi) is 5.76. The number of thiophene rings is 1. The highest BCUT2D eigenvalue weighted by Crippen LogP contribution is 2.25. The third-order valence-corrected chi connectivity index (χ3v) is 5.79. The minimum atomic E-state index is -0.214. The summed E-state index contributed by atoms with van der Waals surface area (Å²) in [5.74, 6) is 0.00925. The van der Waals surface area contributed by atoms with Crippen LogP contribution < -0.4 is 5.32 Å². The largest absolute Gasteiger partial charge is 0.350 e. The van der Waals surface area contributed by atoms with Gasteiger partial charge in [-0.2, -0.15) is 0 Å². The molecule has 0 saturated carbocycles. The van der Waals surface area contributed by atoms with Crippen molar-refractivity contribution in [2.24, 2.45) is 0 Å². The standard InChI is InChI=1S/C17H16BrN3OS2/c1-11(16(22)19-9-14-3-2-8-23-14)24-17-20-10-15(21-17)12-4-6-13(18)7-5-12/h2-8,10-11H,9H2,1H3,(H,19,22)(H,20,21). The van der Waals surface area contributed by atoms with Gasteiger partial charge in [0.1, 0.15) is 0 Å². The molecule has 1 aromatic carbocycles. The van der Waals surface area contributed by atoms with Gasteiger partial charge in [0, 0.05) is 9.35 Å². The van der Waals surface area contributed by atoms with Crippen molar-refractivity contribution in [3.8, 4) is 11.3 Å². The lowest BCUT2D eigenvalue weighted by molar-refractivity contribution is -0.120. The lowest BCUT2D eigenvalue weighted by Gasteiger charge is -2.09. The molecule has 2 aromatic heterocycles. The zero-order valence-corrected chi connectivity index (χ0v) is 16.2. The first-order valence-electron chi connectivity index (χ1n) is 7.39. The van der Waals surface area contributed by atoms with Crippen molar-refractivity contribution in [2.45, 2.75) is 23.9 Å². The topological polar surface area (TPSA) is 57.8 Å². The molecular formula is C17H16BrN3OS2. The number of carbonyl (C=O) groups is 1. The molecule has 3 rings (SSSR count). The van der Waals surface area contributed by atoms with Crippen molar-refractivity contribution in [3.63, 3.8) is 0 Å². The van der Waals surface area contributed by atoms with Gasteiger partial charge in [-0.1, -0.05) is 45.9 Å². The van der Waals surface area contributed by atoms with Crippen molar-refractivity contribution in [2.75, 3.05) is 0 Å². The second kappa shape index (κ2) is 8.00. The first-order chi connectivity index (χ1) is 11.6. The number of halogens is 1. The average Bonchev–Trinajstić information content (AvgIpc) is 3.25. The number of amides is 1. The summed E-state index contributed by atoms with van der Waals surface area (Å²) in [6, 6.07) is 12.0. The Hall–Kier alpha value is -1.57. The van der Waals surface area contributed by atoms with Gasteiger partial charge in [-0.25, -0.2) is 4.98 Å². The van der Waals surface area contributed by atoms with Crippen molar-refractivity contribution in [1.82, 2.24) is 15.3 Å². The van der Waals surface area contributed by atoms with Gasteiger partial charge in [-0.3, -0.25) is 4.79 Å². The molecule has 2 N–H and O–H groups in total. The average molecular weight is 422 g/mol. The molecule has 124 valence electrons. The summed E-state index contributed by atoms with van der Waals surface area (Å²) in [7, 11) is 0. The number of nitrogens with zero attached hydrogens (tertiary/aromatic N) is 1. The molecule has 0 aliphatic carbocycles. The van der Waals surface area contributed by atoms with Crippen molar-refractivity contribution >= 4 is 44.9 Å². The molecule has 3 aromatic rings. The maximum Gasteiger partial charge on any atom is 0.233 e. The van der Waals surface area contributed by atoms with Gasteiger partial charge < -0.3 is 10.3 Å². The van der Waals surface area contributed by atoms with Crippen molar-refractivity contribution in [1.29, 1.82) is 0 Å². The van der Waals surface area contributed by atoms with Crippen molar-refractivity contribution < 1.29 is 4.79 Å². The molecule has 2 heterocycles. The summed E-state index contributed by atoms with van der Waals surface area (Å²) in [5, 5.41) is 5.49. The van der Waals surface area contributed by atoms with Gasteiger partial charge in [-0.15, -0.1) is 11.3 Å². The first-order valence-corrected chi connectivity index (χ1v) is 9.95. The lowest BCUT2D eigenvalue weighted by Crippen LogP contribution is -2.30. The van der Waals surface area contributed by atoms with E-state index < -0.39 is 0 Å². The number of carbonyl (C=O) groups excluding carboxylic acids is 1. The number of aromatic amines is 1. The minimum Gasteiger partial charge on any atom is -0.350 e. The van der Waals surface area contributed by atoms with Gasteiger partial charge in [0.25, 0.3) is 0 Å². The zero-order valence-electron chi connectivity index (χ0n) is 13.0. The highest BCUT2D eigenvalue weighted by Gasteiger charge is 2.16. The Balaban J connectivity index is 1.57. The summed E-state index contributed by atoms with van der Waals surface area (Å²) in [6.45, 7) is 2.46. The van der Waals surface area contributed by atoms with Gasteiger partial charge in [0.05, 0.1) is 23.7 Å². The molecule has 0 fully saturated rings. The summed E-state index contributed by atoms with van der Waals surface area (Å²) >= 11 is 6.49. The quantitative estimate of drug-likeness (QED) is 0.567. The summed E-state index contributed by atoms with van der Waals surface area (Å²) < 4.78 is 1.04. The third-order valence-electron chi connectivity index (χ3n) is 3.38. The molecule has 7 heteroatoms. The van der Waals surface area contributed by atoms with Crippen LogP contribution in [-0.2, 0) is 11.3 Å². The van der Waals surface area contributed by atoms with Crippen LogP contribution in [0.5, 0.6) is 0 Å². The van der Waals surface area contributed by atoms with E-state index in [0.717, 1.165) is 25.8 Å². The Morgan fingerprint density at radius 2 is 2.17 bits per heavy atom. The fourth-order valence-corrected chi connectivity index (χ4v) is 3.81. The van der Waals surface area contributed by atoms with Gasteiger partial charge in [-0.05, 0) is 36.1 Å². The van der Waals surface area contributed by atoms with Crippen LogP contribution in [0.25, 0.3) is 11.3 Å². The highest BCUT2D eigenvalue weighted by molar-refractivity contribution is 9.10. The molecule has 1 atom stereocenters. The third kappa shape index (κ3) is 4.49. The van der Waals surface area contributed by atoms with E-state index in [0.29, 0.717) is 6.54 Å². The monoisotopic (exact) mass is 421 g/mol. The predicted molar refractivity (Wildman–Crippen MR) is 103 cm³/mol. The van der Waals surface area contributed by atoms with Gasteiger partial charge >= 0.3 is 0 Å². The lowest BCUT2D eigenvalue weighted by atomic mass is 10.2. The van der Waals surface area contributed by atoms with Crippen LogP contribution in [0.4, 0.5) is 0 Å². The van der Waals surface area contributed by atoms with E-state index in [4.69, 9.17) is 0 Å². The summed E-state index contributed by atoms with van der Waals surface area (Å²) in [5.41, 5.74) is 2.00. The molecule has 1 unspecified atom stereocenters. The fraction of sp³-hybridized carbons (Fsp3) is 0.176. The number of nitrogens with one attached hydrogen (secondary N) is 2. The smallest absolute Gasteiger partial charge is 0.233 e. The van der Waals surface area contributed by atoms with Crippen LogP contribution in [0.1, 0.15) is 11.8 Å². The Morgan fingerprint density at radius 3 is 2.88 bits per heavy atom. The minimum absolute atomic E-state index is 0.00925. The number of rotatable bonds is 6. The number of hydrogen-bond donors (Lipinski definition) is 2. The van der Waals surface area contributed by atoms with E-state index in [-0.39, 0.29) is 11.2 Å². The van der Waals surface area contributed by atoms with E-state index in [1.807, 2.05) is 48.7 Å². The van der Waals surface area contributed by atoms with Crippen LogP contribution >= 0.6 is 39.0 Å². The van der Waals surface area contributed by atoms with E-state index in [1.165, 1.54) is 11.8 Å². The van der Waals surface area contributed by atoms with Crippen LogP contribution in [0, 0.1) is 0 Å². The molecule has 4 nitrogen and oxygen atoms in total. The van der Waals surface area contributed by atoms with Crippen LogP contribution in [-0.4, -0.2) is 21.1 Å². The van der Waals surface area contributed by atoms with E-state index in [1.54, 1.807) is 17.5 Å². The molecule has 0 bridgehead atoms. The molecule has 0 aliphatic heterocycles. The normalized spacial score (nSPS) is 12.1. The van der Waals surface area contributed by atoms with E-state index in [9.17, 15) is 4.79 Å². The number of benzene rings is 1. The molecule has 0 aliphatic rings. The molecular weight excluding hydrogens is 406 g/mol. The SMILES string of the molecule is CC(Sc1ncc(-c2ccc(Br)cc2)[nH]1)C(=O)NCc1cccs1. The van der Waals surface area contributed by atoms with Gasteiger partial charge in [0.15, 0.2) is 5.16 Å². The fourth-order valence-electron chi connectivity index (χ4n) is 2.09. The number of H-pyrrole nitrogens is 1. The molecule has 0 saturated heterocycles. The maximum atomic E-state index is 12.2. The number of aromatic nitrogens is 2. The summed E-state index contributed by atoms with van der Waals surface area (Å²) in [6.07, 6.45) is 1.79. The summed E-state index contributed by atoms with van der Waals surface area (Å²) in [4.78, 5) is 21.0. The molecule has 24 heavy (non-hydrogen) atoms. The second-order valence-electron chi connectivity index (χ2n) is 5.17. The van der Waals surface area contributed by atoms with E-state index in [2.05, 4.69) is 31.2 Å². The highest BCUT2D eigenvalue weighted by atomic mass is 79.9.